The fraction of sp³-hybridized carbons (Fsp3) is 0.333. The van der Waals surface area contributed by atoms with Crippen LogP contribution in [0.2, 0.25) is 0 Å². The monoisotopic (exact) mass is 256 g/mol. The van der Waals surface area contributed by atoms with Crippen LogP contribution in [0.1, 0.15) is 29.3 Å². The van der Waals surface area contributed by atoms with E-state index in [4.69, 9.17) is 5.26 Å². The van der Waals surface area contributed by atoms with Crippen LogP contribution in [0.5, 0.6) is 0 Å². The van der Waals surface area contributed by atoms with Crippen molar-refractivity contribution < 1.29 is 18.0 Å². The fourth-order valence-electron chi connectivity index (χ4n) is 1.40. The summed E-state index contributed by atoms with van der Waals surface area (Å²) in [4.78, 5) is 11.6. The number of halogens is 3. The second kappa shape index (κ2) is 5.54. The quantitative estimate of drug-likeness (QED) is 0.903. The molecule has 1 aromatic rings. The lowest BCUT2D eigenvalue weighted by molar-refractivity contribution is -0.138. The zero-order valence-electron chi connectivity index (χ0n) is 9.58. The largest absolute Gasteiger partial charge is 0.391 e. The third-order valence-corrected chi connectivity index (χ3v) is 2.19. The van der Waals surface area contributed by atoms with Crippen LogP contribution in [0, 0.1) is 11.3 Å². The number of nitriles is 1. The summed E-state index contributed by atoms with van der Waals surface area (Å²) in [6.07, 6.45) is -5.38. The first kappa shape index (κ1) is 14.0. The van der Waals surface area contributed by atoms with E-state index >= 15 is 0 Å². The van der Waals surface area contributed by atoms with Crippen LogP contribution in [0.25, 0.3) is 0 Å². The lowest BCUT2D eigenvalue weighted by Crippen LogP contribution is -2.35. The lowest BCUT2D eigenvalue weighted by atomic mass is 10.1. The number of hydrogen-bond acceptors (Lipinski definition) is 2. The summed E-state index contributed by atoms with van der Waals surface area (Å²) >= 11 is 0. The highest BCUT2D eigenvalue weighted by Gasteiger charge is 2.30. The molecule has 1 atom stereocenters. The van der Waals surface area contributed by atoms with E-state index in [-0.39, 0.29) is 5.56 Å². The van der Waals surface area contributed by atoms with E-state index in [0.717, 1.165) is 0 Å². The van der Waals surface area contributed by atoms with Crippen molar-refractivity contribution in [2.45, 2.75) is 25.6 Å². The van der Waals surface area contributed by atoms with Crippen molar-refractivity contribution in [3.05, 3.63) is 35.4 Å². The molecule has 0 radical (unpaired) electrons. The molecule has 6 heteroatoms. The van der Waals surface area contributed by atoms with Crippen molar-refractivity contribution in [1.82, 2.24) is 5.32 Å². The Bertz CT molecular complexity index is 460. The maximum absolute atomic E-state index is 12.1. The summed E-state index contributed by atoms with van der Waals surface area (Å²) in [6, 6.07) is 6.55. The van der Waals surface area contributed by atoms with Crippen molar-refractivity contribution in [3.63, 3.8) is 0 Å². The average molecular weight is 256 g/mol. The predicted molar refractivity (Wildman–Crippen MR) is 58.8 cm³/mol. The second-order valence-corrected chi connectivity index (χ2v) is 3.88. The van der Waals surface area contributed by atoms with Crippen molar-refractivity contribution in [2.75, 3.05) is 0 Å². The average Bonchev–Trinajstić information content (AvgIpc) is 2.26. The minimum absolute atomic E-state index is 0.225. The molecule has 0 aliphatic carbocycles. The topological polar surface area (TPSA) is 52.9 Å². The van der Waals surface area contributed by atoms with E-state index in [0.29, 0.717) is 5.56 Å². The van der Waals surface area contributed by atoms with Gasteiger partial charge in [-0.3, -0.25) is 4.79 Å². The van der Waals surface area contributed by atoms with E-state index in [1.165, 1.54) is 31.2 Å². The Hall–Kier alpha value is -2.03. The van der Waals surface area contributed by atoms with E-state index in [2.05, 4.69) is 5.32 Å². The molecule has 0 spiro atoms. The molecule has 1 amide bonds. The van der Waals surface area contributed by atoms with Gasteiger partial charge in [-0.15, -0.1) is 0 Å². The SMILES string of the molecule is CC(CC(F)(F)F)NC(=O)c1ccc(C#N)cc1. The molecule has 0 aliphatic heterocycles. The van der Waals surface area contributed by atoms with E-state index < -0.39 is 24.5 Å². The first-order valence-electron chi connectivity index (χ1n) is 5.19. The summed E-state index contributed by atoms with van der Waals surface area (Å²) < 4.78 is 36.2. The van der Waals surface area contributed by atoms with Crippen LogP contribution >= 0.6 is 0 Å². The first-order chi connectivity index (χ1) is 8.31. The normalized spacial score (nSPS) is 12.6. The number of benzene rings is 1. The summed E-state index contributed by atoms with van der Waals surface area (Å²) in [5.74, 6) is -0.587. The Morgan fingerprint density at radius 3 is 2.39 bits per heavy atom. The molecular weight excluding hydrogens is 245 g/mol. The van der Waals surface area contributed by atoms with Gasteiger partial charge in [0, 0.05) is 11.6 Å². The van der Waals surface area contributed by atoms with Gasteiger partial charge in [0.15, 0.2) is 0 Å². The predicted octanol–water partition coefficient (Wildman–Crippen LogP) is 2.63. The van der Waals surface area contributed by atoms with Crippen LogP contribution in [0.15, 0.2) is 24.3 Å². The van der Waals surface area contributed by atoms with Gasteiger partial charge < -0.3 is 5.32 Å². The molecule has 0 heterocycles. The summed E-state index contributed by atoms with van der Waals surface area (Å²) in [7, 11) is 0. The Morgan fingerprint density at radius 1 is 1.39 bits per heavy atom. The van der Waals surface area contributed by atoms with Crippen molar-refractivity contribution in [1.29, 1.82) is 5.26 Å². The highest BCUT2D eigenvalue weighted by molar-refractivity contribution is 5.94. The van der Waals surface area contributed by atoms with E-state index in [1.54, 1.807) is 0 Å². The van der Waals surface area contributed by atoms with Gasteiger partial charge in [-0.05, 0) is 31.2 Å². The number of nitrogens with zero attached hydrogens (tertiary/aromatic N) is 1. The van der Waals surface area contributed by atoms with Crippen LogP contribution in [-0.4, -0.2) is 18.1 Å². The summed E-state index contributed by atoms with van der Waals surface area (Å²) in [6.45, 7) is 1.29. The Kier molecular flexibility index (Phi) is 4.32. The zero-order valence-corrected chi connectivity index (χ0v) is 9.58. The summed E-state index contributed by atoms with van der Waals surface area (Å²) in [5, 5.41) is 10.8. The van der Waals surface area contributed by atoms with Gasteiger partial charge in [0.2, 0.25) is 0 Å². The number of carbonyl (C=O) groups is 1. The fourth-order valence-corrected chi connectivity index (χ4v) is 1.40. The van der Waals surface area contributed by atoms with Gasteiger partial charge in [0.05, 0.1) is 18.1 Å². The summed E-state index contributed by atoms with van der Waals surface area (Å²) in [5.41, 5.74) is 0.609. The van der Waals surface area contributed by atoms with Crippen molar-refractivity contribution in [3.8, 4) is 6.07 Å². The minimum Gasteiger partial charge on any atom is -0.349 e. The number of nitrogens with one attached hydrogen (secondary N) is 1. The second-order valence-electron chi connectivity index (χ2n) is 3.88. The molecule has 1 unspecified atom stereocenters. The van der Waals surface area contributed by atoms with Gasteiger partial charge in [-0.2, -0.15) is 18.4 Å². The molecule has 0 fully saturated rings. The highest BCUT2D eigenvalue weighted by Crippen LogP contribution is 2.21. The molecular formula is C12H11F3N2O. The van der Waals surface area contributed by atoms with Crippen LogP contribution in [0.3, 0.4) is 0 Å². The number of carbonyl (C=O) groups excluding carboxylic acids is 1. The standard InChI is InChI=1S/C12H11F3N2O/c1-8(6-12(13,14)15)17-11(18)10-4-2-9(7-16)3-5-10/h2-5,8H,6H2,1H3,(H,17,18). The third kappa shape index (κ3) is 4.45. The molecule has 18 heavy (non-hydrogen) atoms. The molecule has 0 bridgehead atoms. The molecule has 1 N–H and O–H groups in total. The number of amides is 1. The maximum atomic E-state index is 12.1. The molecule has 0 aliphatic rings. The van der Waals surface area contributed by atoms with E-state index in [9.17, 15) is 18.0 Å². The van der Waals surface area contributed by atoms with Crippen molar-refractivity contribution in [2.24, 2.45) is 0 Å². The molecule has 0 saturated heterocycles. The van der Waals surface area contributed by atoms with Crippen molar-refractivity contribution >= 4 is 5.91 Å². The Morgan fingerprint density at radius 2 is 1.94 bits per heavy atom. The highest BCUT2D eigenvalue weighted by atomic mass is 19.4. The van der Waals surface area contributed by atoms with Gasteiger partial charge in [0.25, 0.3) is 5.91 Å². The first-order valence-corrected chi connectivity index (χ1v) is 5.19. The Balaban J connectivity index is 2.62. The molecule has 1 rings (SSSR count). The number of hydrogen-bond donors (Lipinski definition) is 1. The van der Waals surface area contributed by atoms with Gasteiger partial charge >= 0.3 is 6.18 Å². The third-order valence-electron chi connectivity index (χ3n) is 2.19. The number of rotatable bonds is 3. The minimum atomic E-state index is -4.31. The molecule has 0 aromatic heterocycles. The smallest absolute Gasteiger partial charge is 0.349 e. The number of alkyl halides is 3. The Labute approximate surface area is 102 Å². The van der Waals surface area contributed by atoms with Crippen LogP contribution < -0.4 is 5.32 Å². The maximum Gasteiger partial charge on any atom is 0.391 e. The van der Waals surface area contributed by atoms with E-state index in [1.807, 2.05) is 6.07 Å². The molecule has 1 aromatic carbocycles. The van der Waals surface area contributed by atoms with Gasteiger partial charge in [-0.25, -0.2) is 0 Å². The molecule has 0 saturated carbocycles. The van der Waals surface area contributed by atoms with Gasteiger partial charge in [0.1, 0.15) is 0 Å². The zero-order chi connectivity index (χ0) is 13.8. The lowest BCUT2D eigenvalue weighted by Gasteiger charge is -2.15. The van der Waals surface area contributed by atoms with Crippen LogP contribution in [0.4, 0.5) is 13.2 Å². The van der Waals surface area contributed by atoms with Crippen LogP contribution in [-0.2, 0) is 0 Å². The molecule has 96 valence electrons. The molecule has 3 nitrogen and oxygen atoms in total. The van der Waals surface area contributed by atoms with Gasteiger partial charge in [-0.1, -0.05) is 0 Å².